The number of carbonyl (C=O) groups is 1. The number of halogens is 1. The Labute approximate surface area is 200 Å². The van der Waals surface area contributed by atoms with Gasteiger partial charge in [-0.2, -0.15) is 0 Å². The second kappa shape index (κ2) is 9.82. The van der Waals surface area contributed by atoms with Gasteiger partial charge < -0.3 is 14.2 Å². The van der Waals surface area contributed by atoms with Crippen LogP contribution in [0.15, 0.2) is 90.1 Å². The highest BCUT2D eigenvalue weighted by Gasteiger charge is 2.24. The number of aliphatic imine (C=N–C) groups is 1. The van der Waals surface area contributed by atoms with E-state index in [4.69, 9.17) is 14.2 Å². The average Bonchev–Trinajstić information content (AvgIpc) is 3.18. The van der Waals surface area contributed by atoms with Crippen LogP contribution in [0.2, 0.25) is 0 Å². The molecule has 1 aliphatic heterocycles. The van der Waals surface area contributed by atoms with Crippen LogP contribution in [0.5, 0.6) is 11.5 Å². The highest BCUT2D eigenvalue weighted by atomic mass is 127. The summed E-state index contributed by atoms with van der Waals surface area (Å²) in [6.07, 6.45) is 3.35. The lowest BCUT2D eigenvalue weighted by atomic mass is 10.0. The minimum absolute atomic E-state index is 0.227. The molecule has 32 heavy (non-hydrogen) atoms. The summed E-state index contributed by atoms with van der Waals surface area (Å²) in [5, 5.41) is 0. The van der Waals surface area contributed by atoms with Crippen LogP contribution in [-0.4, -0.2) is 25.6 Å². The molecule has 5 nitrogen and oxygen atoms in total. The quantitative estimate of drug-likeness (QED) is 0.164. The molecule has 0 N–H and O–H groups in total. The van der Waals surface area contributed by atoms with Gasteiger partial charge in [0.2, 0.25) is 5.90 Å². The van der Waals surface area contributed by atoms with Crippen molar-refractivity contribution in [2.24, 2.45) is 4.99 Å². The van der Waals surface area contributed by atoms with Gasteiger partial charge in [0.25, 0.3) is 0 Å². The van der Waals surface area contributed by atoms with Crippen molar-refractivity contribution < 1.29 is 19.0 Å². The number of nitrogens with zero attached hydrogens (tertiary/aromatic N) is 1. The highest BCUT2D eigenvalue weighted by Crippen LogP contribution is 2.35. The molecule has 0 atom stereocenters. The fourth-order valence-corrected chi connectivity index (χ4v) is 4.01. The van der Waals surface area contributed by atoms with Gasteiger partial charge in [0.15, 0.2) is 17.2 Å². The molecular weight excluding hydrogens is 517 g/mol. The van der Waals surface area contributed by atoms with Crippen LogP contribution in [0.4, 0.5) is 0 Å². The first kappa shape index (κ1) is 21.8. The zero-order valence-electron chi connectivity index (χ0n) is 17.4. The third-order valence-corrected chi connectivity index (χ3v) is 5.56. The maximum absolute atomic E-state index is 12.4. The van der Waals surface area contributed by atoms with Crippen LogP contribution < -0.4 is 9.47 Å². The molecule has 0 unspecified atom stereocenters. The van der Waals surface area contributed by atoms with Crippen molar-refractivity contribution in [3.05, 3.63) is 99.8 Å². The van der Waals surface area contributed by atoms with Gasteiger partial charge in [0.05, 0.1) is 10.7 Å². The summed E-state index contributed by atoms with van der Waals surface area (Å²) in [7, 11) is 1.57. The van der Waals surface area contributed by atoms with Crippen LogP contribution in [0.25, 0.3) is 17.2 Å². The van der Waals surface area contributed by atoms with E-state index in [-0.39, 0.29) is 11.6 Å². The molecule has 3 aromatic rings. The molecule has 0 aromatic heterocycles. The van der Waals surface area contributed by atoms with Crippen molar-refractivity contribution in [1.82, 2.24) is 0 Å². The number of ether oxygens (including phenoxy) is 3. The minimum Gasteiger partial charge on any atom is -0.493 e. The predicted octanol–water partition coefficient (Wildman–Crippen LogP) is 5.88. The summed E-state index contributed by atoms with van der Waals surface area (Å²) < 4.78 is 17.4. The number of hydrogen-bond donors (Lipinski definition) is 0. The summed E-state index contributed by atoms with van der Waals surface area (Å²) >= 11 is 2.17. The number of benzene rings is 3. The normalized spacial score (nSPS) is 14.1. The molecule has 0 radical (unpaired) electrons. The maximum Gasteiger partial charge on any atom is 0.363 e. The van der Waals surface area contributed by atoms with Crippen molar-refractivity contribution in [3.8, 4) is 22.6 Å². The molecule has 0 fully saturated rings. The van der Waals surface area contributed by atoms with Gasteiger partial charge in [0, 0.05) is 5.56 Å². The third-order valence-electron chi connectivity index (χ3n) is 4.76. The third kappa shape index (κ3) is 4.75. The van der Waals surface area contributed by atoms with E-state index in [9.17, 15) is 4.79 Å². The van der Waals surface area contributed by atoms with E-state index in [1.807, 2.05) is 60.7 Å². The SMILES string of the molecule is C=CCOc1c(I)cc(/C=C2\N=C(c3ccc(-c4ccccc4)cc3)OC2=O)cc1OC. The molecule has 0 amide bonds. The fraction of sp³-hybridized carbons (Fsp3) is 0.0769. The Hall–Kier alpha value is -3.39. The number of carbonyl (C=O) groups excluding carboxylic acids is 1. The van der Waals surface area contributed by atoms with E-state index < -0.39 is 5.97 Å². The molecule has 0 aliphatic carbocycles. The Morgan fingerprint density at radius 2 is 1.72 bits per heavy atom. The lowest BCUT2D eigenvalue weighted by Crippen LogP contribution is -2.05. The van der Waals surface area contributed by atoms with Gasteiger partial charge in [-0.3, -0.25) is 0 Å². The van der Waals surface area contributed by atoms with E-state index in [0.29, 0.717) is 18.1 Å². The Morgan fingerprint density at radius 3 is 2.41 bits per heavy atom. The molecule has 0 spiro atoms. The predicted molar refractivity (Wildman–Crippen MR) is 134 cm³/mol. The number of cyclic esters (lactones) is 1. The number of esters is 1. The van der Waals surface area contributed by atoms with Gasteiger partial charge in [-0.15, -0.1) is 0 Å². The van der Waals surface area contributed by atoms with Crippen molar-refractivity contribution in [2.75, 3.05) is 13.7 Å². The van der Waals surface area contributed by atoms with Crippen LogP contribution >= 0.6 is 22.6 Å². The summed E-state index contributed by atoms with van der Waals surface area (Å²) in [4.78, 5) is 16.8. The summed E-state index contributed by atoms with van der Waals surface area (Å²) in [6, 6.07) is 21.5. The van der Waals surface area contributed by atoms with Crippen molar-refractivity contribution >= 4 is 40.5 Å². The van der Waals surface area contributed by atoms with Gasteiger partial charge in [0.1, 0.15) is 6.61 Å². The summed E-state index contributed by atoms with van der Waals surface area (Å²) in [5.74, 6) is 0.992. The molecule has 0 saturated heterocycles. The van der Waals surface area contributed by atoms with Crippen LogP contribution in [0, 0.1) is 3.57 Å². The first-order valence-electron chi connectivity index (χ1n) is 9.88. The smallest absolute Gasteiger partial charge is 0.363 e. The first-order valence-corrected chi connectivity index (χ1v) is 11.0. The summed E-state index contributed by atoms with van der Waals surface area (Å²) in [5.41, 5.74) is 3.92. The molecule has 3 aromatic carbocycles. The molecule has 6 heteroatoms. The Morgan fingerprint density at radius 1 is 1.03 bits per heavy atom. The van der Waals surface area contributed by atoms with E-state index in [0.717, 1.165) is 25.8 Å². The lowest BCUT2D eigenvalue weighted by Gasteiger charge is -2.12. The Balaban J connectivity index is 1.60. The second-order valence-electron chi connectivity index (χ2n) is 6.91. The first-order chi connectivity index (χ1) is 15.6. The molecule has 160 valence electrons. The monoisotopic (exact) mass is 537 g/mol. The van der Waals surface area contributed by atoms with Crippen LogP contribution in [-0.2, 0) is 9.53 Å². The van der Waals surface area contributed by atoms with Gasteiger partial charge in [-0.05, 0) is 69.6 Å². The van der Waals surface area contributed by atoms with Crippen molar-refractivity contribution in [2.45, 2.75) is 0 Å². The number of methoxy groups -OCH3 is 1. The maximum atomic E-state index is 12.4. The number of rotatable bonds is 7. The van der Waals surface area contributed by atoms with E-state index in [2.05, 4.69) is 34.2 Å². The van der Waals surface area contributed by atoms with Crippen molar-refractivity contribution in [1.29, 1.82) is 0 Å². The van der Waals surface area contributed by atoms with Crippen LogP contribution in [0.1, 0.15) is 11.1 Å². The zero-order chi connectivity index (χ0) is 22.5. The van der Waals surface area contributed by atoms with Gasteiger partial charge in [-0.1, -0.05) is 55.1 Å². The molecule has 4 rings (SSSR count). The summed E-state index contributed by atoms with van der Waals surface area (Å²) in [6.45, 7) is 4.03. The van der Waals surface area contributed by atoms with E-state index in [1.54, 1.807) is 25.3 Å². The second-order valence-corrected chi connectivity index (χ2v) is 8.08. The fourth-order valence-electron chi connectivity index (χ4n) is 3.23. The highest BCUT2D eigenvalue weighted by molar-refractivity contribution is 14.1. The van der Waals surface area contributed by atoms with E-state index >= 15 is 0 Å². The Kier molecular flexibility index (Phi) is 6.70. The largest absolute Gasteiger partial charge is 0.493 e. The lowest BCUT2D eigenvalue weighted by molar-refractivity contribution is -0.129. The molecule has 0 saturated carbocycles. The molecule has 1 aliphatic rings. The molecular formula is C26H20INO4. The standard InChI is InChI=1S/C26H20INO4/c1-3-13-31-24-21(27)14-17(16-23(24)30-2)15-22-26(29)32-25(28-22)20-11-9-19(10-12-20)18-7-5-4-6-8-18/h3-12,14-16H,1,13H2,2H3/b22-15-. The zero-order valence-corrected chi connectivity index (χ0v) is 19.5. The van der Waals surface area contributed by atoms with Crippen LogP contribution in [0.3, 0.4) is 0 Å². The minimum atomic E-state index is -0.493. The average molecular weight is 537 g/mol. The molecule has 0 bridgehead atoms. The van der Waals surface area contributed by atoms with Gasteiger partial charge >= 0.3 is 5.97 Å². The van der Waals surface area contributed by atoms with Crippen molar-refractivity contribution in [3.63, 3.8) is 0 Å². The topological polar surface area (TPSA) is 57.1 Å². The molecule has 1 heterocycles. The number of hydrogen-bond acceptors (Lipinski definition) is 5. The van der Waals surface area contributed by atoms with E-state index in [1.165, 1.54) is 0 Å². The Bertz CT molecular complexity index is 1210. The van der Waals surface area contributed by atoms with Gasteiger partial charge in [-0.25, -0.2) is 9.79 Å².